The predicted molar refractivity (Wildman–Crippen MR) is 138 cm³/mol. The number of carbonyl (C=O) groups is 3. The van der Waals surface area contributed by atoms with E-state index in [-0.39, 0.29) is 37.1 Å². The molecule has 0 aliphatic carbocycles. The van der Waals surface area contributed by atoms with Crippen LogP contribution >= 0.6 is 0 Å². The minimum absolute atomic E-state index is 0.0664. The Morgan fingerprint density at radius 3 is 2.31 bits per heavy atom. The number of pyridine rings is 1. The summed E-state index contributed by atoms with van der Waals surface area (Å²) in [7, 11) is 0. The molecule has 202 valence electrons. The second-order valence-corrected chi connectivity index (χ2v) is 9.59. The Labute approximate surface area is 223 Å². The highest BCUT2D eigenvalue weighted by molar-refractivity contribution is 6.10. The number of amides is 3. The summed E-state index contributed by atoms with van der Waals surface area (Å²) in [6.07, 6.45) is -3.31. The molecule has 1 fully saturated rings. The third-order valence-corrected chi connectivity index (χ3v) is 6.73. The summed E-state index contributed by atoms with van der Waals surface area (Å²) in [6, 6.07) is 12.4. The number of benzene rings is 2. The summed E-state index contributed by atoms with van der Waals surface area (Å²) in [4.78, 5) is 47.7. The van der Waals surface area contributed by atoms with Gasteiger partial charge in [-0.15, -0.1) is 0 Å². The molecule has 39 heavy (non-hydrogen) atoms. The van der Waals surface area contributed by atoms with Gasteiger partial charge in [-0.05, 0) is 32.9 Å². The summed E-state index contributed by atoms with van der Waals surface area (Å²) in [5.41, 5.74) is -0.904. The van der Waals surface area contributed by atoms with Crippen molar-refractivity contribution >= 4 is 34.2 Å². The molecule has 4 rings (SSSR count). The molecule has 8 nitrogen and oxygen atoms in total. The smallest absolute Gasteiger partial charge is 0.334 e. The quantitative estimate of drug-likeness (QED) is 0.469. The van der Waals surface area contributed by atoms with E-state index in [1.54, 1.807) is 45.0 Å². The van der Waals surface area contributed by atoms with E-state index < -0.39 is 35.3 Å². The van der Waals surface area contributed by atoms with Crippen molar-refractivity contribution in [3.63, 3.8) is 0 Å². The van der Waals surface area contributed by atoms with Crippen molar-refractivity contribution in [3.8, 4) is 6.07 Å². The van der Waals surface area contributed by atoms with E-state index in [1.165, 1.54) is 33.0 Å². The van der Waals surface area contributed by atoms with Gasteiger partial charge < -0.3 is 9.80 Å². The number of hydrogen-bond donors (Lipinski definition) is 0. The zero-order valence-corrected chi connectivity index (χ0v) is 21.6. The highest BCUT2D eigenvalue weighted by atomic mass is 19.4. The van der Waals surface area contributed by atoms with Crippen LogP contribution in [0.1, 0.15) is 42.4 Å². The van der Waals surface area contributed by atoms with Gasteiger partial charge in [-0.3, -0.25) is 19.3 Å². The van der Waals surface area contributed by atoms with E-state index in [0.717, 1.165) is 12.1 Å². The molecule has 0 radical (unpaired) electrons. The van der Waals surface area contributed by atoms with Gasteiger partial charge in [-0.25, -0.2) is 4.98 Å². The topological polar surface area (TPSA) is 97.6 Å². The van der Waals surface area contributed by atoms with Crippen LogP contribution < -0.4 is 4.90 Å². The van der Waals surface area contributed by atoms with Crippen LogP contribution in [0.2, 0.25) is 0 Å². The summed E-state index contributed by atoms with van der Waals surface area (Å²) in [5, 5.41) is 10.5. The van der Waals surface area contributed by atoms with Gasteiger partial charge in [-0.1, -0.05) is 36.4 Å². The van der Waals surface area contributed by atoms with E-state index in [0.29, 0.717) is 16.5 Å². The molecule has 1 aliphatic heterocycles. The van der Waals surface area contributed by atoms with Crippen molar-refractivity contribution in [1.82, 2.24) is 14.8 Å². The molecule has 1 saturated heterocycles. The number of halogens is 3. The molecule has 1 aliphatic rings. The van der Waals surface area contributed by atoms with Gasteiger partial charge in [0.25, 0.3) is 5.91 Å². The van der Waals surface area contributed by atoms with Crippen LogP contribution in [0.5, 0.6) is 0 Å². The Morgan fingerprint density at radius 2 is 1.67 bits per heavy atom. The highest BCUT2D eigenvalue weighted by Crippen LogP contribution is 2.33. The number of aromatic nitrogens is 1. The van der Waals surface area contributed by atoms with Crippen LogP contribution in [0, 0.1) is 11.3 Å². The molecule has 0 saturated carbocycles. The molecule has 0 spiro atoms. The molecule has 3 aromatic rings. The van der Waals surface area contributed by atoms with Crippen molar-refractivity contribution in [2.45, 2.75) is 39.0 Å². The van der Waals surface area contributed by atoms with Crippen molar-refractivity contribution in [2.24, 2.45) is 0 Å². The number of carbonyl (C=O) groups excluding carboxylic acids is 3. The van der Waals surface area contributed by atoms with Crippen molar-refractivity contribution in [1.29, 1.82) is 5.26 Å². The normalized spacial score (nSPS) is 15.0. The fourth-order valence-corrected chi connectivity index (χ4v) is 4.72. The summed E-state index contributed by atoms with van der Waals surface area (Å²) < 4.78 is 40.7. The number of rotatable bonds is 6. The lowest BCUT2D eigenvalue weighted by molar-refractivity contribution is -0.140. The lowest BCUT2D eigenvalue weighted by Gasteiger charge is -2.40. The van der Waals surface area contributed by atoms with Gasteiger partial charge in [0.2, 0.25) is 11.8 Å². The molecule has 1 atom stereocenters. The van der Waals surface area contributed by atoms with Gasteiger partial charge in [-0.2, -0.15) is 18.4 Å². The number of piperazine rings is 1. The van der Waals surface area contributed by atoms with E-state index in [1.807, 2.05) is 6.07 Å². The zero-order chi connectivity index (χ0) is 28.5. The lowest BCUT2D eigenvalue weighted by Crippen LogP contribution is -2.59. The van der Waals surface area contributed by atoms with Gasteiger partial charge in [0.15, 0.2) is 0 Å². The van der Waals surface area contributed by atoms with E-state index >= 15 is 0 Å². The second-order valence-electron chi connectivity index (χ2n) is 9.59. The first kappa shape index (κ1) is 27.6. The number of fused-ring (bicyclic) bond motifs is 1. The van der Waals surface area contributed by atoms with Gasteiger partial charge in [0, 0.05) is 29.4 Å². The third-order valence-electron chi connectivity index (χ3n) is 6.73. The zero-order valence-electron chi connectivity index (χ0n) is 21.6. The molecular weight excluding hydrogens is 511 g/mol. The second kappa shape index (κ2) is 10.7. The maximum absolute atomic E-state index is 13.6. The van der Waals surface area contributed by atoms with Crippen molar-refractivity contribution < 1.29 is 27.6 Å². The number of anilines is 1. The van der Waals surface area contributed by atoms with E-state index in [9.17, 15) is 32.8 Å². The number of alkyl halides is 3. The van der Waals surface area contributed by atoms with Gasteiger partial charge in [0.1, 0.15) is 24.9 Å². The molecule has 0 N–H and O–H groups in total. The molecule has 11 heteroatoms. The Kier molecular flexibility index (Phi) is 7.58. The SMILES string of the molecule is CC(C)N(C[C@@H](C)N1CC(=O)N(c2cnc(C#N)c3ccccc23)CC1=O)C(=O)c1ccccc1C(F)(F)F. The van der Waals surface area contributed by atoms with Crippen molar-refractivity contribution in [2.75, 3.05) is 24.5 Å². The van der Waals surface area contributed by atoms with Crippen LogP contribution in [0.15, 0.2) is 54.7 Å². The minimum Gasteiger partial charge on any atom is -0.334 e. The van der Waals surface area contributed by atoms with Crippen LogP contribution in [0.3, 0.4) is 0 Å². The molecule has 0 unspecified atom stereocenters. The first-order valence-electron chi connectivity index (χ1n) is 12.3. The number of nitriles is 1. The molecule has 3 amide bonds. The Balaban J connectivity index is 1.56. The molecule has 2 aromatic carbocycles. The fourth-order valence-electron chi connectivity index (χ4n) is 4.72. The van der Waals surface area contributed by atoms with Gasteiger partial charge >= 0.3 is 6.18 Å². The Bertz CT molecular complexity index is 1480. The monoisotopic (exact) mass is 537 g/mol. The van der Waals surface area contributed by atoms with E-state index in [4.69, 9.17) is 0 Å². The Hall–Kier alpha value is -4.46. The first-order chi connectivity index (χ1) is 18.4. The largest absolute Gasteiger partial charge is 0.417 e. The number of hydrogen-bond acceptors (Lipinski definition) is 5. The fraction of sp³-hybridized carbons (Fsp3) is 0.321. The van der Waals surface area contributed by atoms with Crippen LogP contribution in [-0.2, 0) is 15.8 Å². The molecule has 1 aromatic heterocycles. The highest BCUT2D eigenvalue weighted by Gasteiger charge is 2.38. The standard InChI is InChI=1S/C28H26F3N5O3/c1-17(2)34(27(39)21-10-6-7-11-22(21)28(29,30)31)14-18(3)35-15-26(38)36(16-25(35)37)24-13-33-23(12-32)19-8-4-5-9-20(19)24/h4-11,13,17-18H,14-16H2,1-3H3/t18-/m1/s1. The molecule has 2 heterocycles. The molecular formula is C28H26F3N5O3. The molecule has 0 bridgehead atoms. The van der Waals surface area contributed by atoms with Crippen LogP contribution in [0.4, 0.5) is 18.9 Å². The average Bonchev–Trinajstić information content (AvgIpc) is 2.91. The van der Waals surface area contributed by atoms with Crippen LogP contribution in [0.25, 0.3) is 10.8 Å². The Morgan fingerprint density at radius 1 is 1.03 bits per heavy atom. The minimum atomic E-state index is -4.70. The summed E-state index contributed by atoms with van der Waals surface area (Å²) >= 11 is 0. The maximum Gasteiger partial charge on any atom is 0.417 e. The number of nitrogens with zero attached hydrogens (tertiary/aromatic N) is 5. The maximum atomic E-state index is 13.6. The van der Waals surface area contributed by atoms with Crippen molar-refractivity contribution in [3.05, 3.63) is 71.5 Å². The third kappa shape index (κ3) is 5.41. The van der Waals surface area contributed by atoms with E-state index in [2.05, 4.69) is 4.98 Å². The van der Waals surface area contributed by atoms with Gasteiger partial charge in [0.05, 0.1) is 23.0 Å². The summed E-state index contributed by atoms with van der Waals surface area (Å²) in [6.45, 7) is 4.37. The van der Waals surface area contributed by atoms with Crippen LogP contribution in [-0.4, -0.2) is 64.2 Å². The average molecular weight is 538 g/mol. The lowest BCUT2D eigenvalue weighted by atomic mass is 10.0. The predicted octanol–water partition coefficient (Wildman–Crippen LogP) is 4.24. The summed E-state index contributed by atoms with van der Waals surface area (Å²) in [5.74, 6) is -1.58. The first-order valence-corrected chi connectivity index (χ1v) is 12.3.